The number of hydrogen-bond acceptors (Lipinski definition) is 4. The molecule has 1 saturated heterocycles. The second-order valence-corrected chi connectivity index (χ2v) is 8.27. The van der Waals surface area contributed by atoms with Gasteiger partial charge in [-0.3, -0.25) is 9.69 Å². The second-order valence-electron chi connectivity index (χ2n) is 7.17. The zero-order chi connectivity index (χ0) is 19.9. The van der Waals surface area contributed by atoms with E-state index in [4.69, 9.17) is 0 Å². The standard InChI is InChI=1S/C24H25N3OS/c28-24(20-11-13-21(14-12-20)29-23-10-4-5-15-25-23)26-18-22(27-16-6-7-17-27)19-8-2-1-3-9-19/h1-5,8-15,22H,6-7,16-18H2,(H,26,28). The average Bonchev–Trinajstić information content (AvgIpc) is 3.30. The van der Waals surface area contributed by atoms with Crippen molar-refractivity contribution in [2.75, 3.05) is 19.6 Å². The third-order valence-corrected chi connectivity index (χ3v) is 6.16. The predicted molar refractivity (Wildman–Crippen MR) is 117 cm³/mol. The Kier molecular flexibility index (Phi) is 6.60. The Balaban J connectivity index is 1.39. The van der Waals surface area contributed by atoms with Gasteiger partial charge in [-0.2, -0.15) is 0 Å². The molecule has 29 heavy (non-hydrogen) atoms. The highest BCUT2D eigenvalue weighted by molar-refractivity contribution is 7.99. The maximum atomic E-state index is 12.7. The van der Waals surface area contributed by atoms with Gasteiger partial charge in [0.1, 0.15) is 5.03 Å². The quantitative estimate of drug-likeness (QED) is 0.615. The Hall–Kier alpha value is -2.63. The molecule has 0 saturated carbocycles. The molecule has 4 rings (SSSR count). The lowest BCUT2D eigenvalue weighted by molar-refractivity contribution is 0.0938. The number of hydrogen-bond donors (Lipinski definition) is 1. The summed E-state index contributed by atoms with van der Waals surface area (Å²) in [7, 11) is 0. The van der Waals surface area contributed by atoms with Gasteiger partial charge in [0.05, 0.1) is 6.04 Å². The lowest BCUT2D eigenvalue weighted by atomic mass is 10.1. The largest absolute Gasteiger partial charge is 0.350 e. The Morgan fingerprint density at radius 2 is 1.69 bits per heavy atom. The summed E-state index contributed by atoms with van der Waals surface area (Å²) in [6.45, 7) is 2.80. The minimum Gasteiger partial charge on any atom is -0.350 e. The van der Waals surface area contributed by atoms with Crippen molar-refractivity contribution in [1.29, 1.82) is 0 Å². The fraction of sp³-hybridized carbons (Fsp3) is 0.250. The molecule has 3 aromatic rings. The van der Waals surface area contributed by atoms with Gasteiger partial charge >= 0.3 is 0 Å². The fourth-order valence-corrected chi connectivity index (χ4v) is 4.45. The molecule has 1 aromatic heterocycles. The Morgan fingerprint density at radius 3 is 2.38 bits per heavy atom. The molecule has 0 spiro atoms. The molecular weight excluding hydrogens is 378 g/mol. The summed E-state index contributed by atoms with van der Waals surface area (Å²) in [6.07, 6.45) is 4.24. The highest BCUT2D eigenvalue weighted by atomic mass is 32.2. The summed E-state index contributed by atoms with van der Waals surface area (Å²) in [4.78, 5) is 20.6. The predicted octanol–water partition coefficient (Wildman–Crippen LogP) is 4.80. The molecule has 2 heterocycles. The minimum atomic E-state index is -0.0282. The van der Waals surface area contributed by atoms with E-state index < -0.39 is 0 Å². The van der Waals surface area contributed by atoms with Crippen molar-refractivity contribution in [3.05, 3.63) is 90.1 Å². The number of nitrogens with one attached hydrogen (secondary N) is 1. The van der Waals surface area contributed by atoms with Gasteiger partial charge in [-0.25, -0.2) is 4.98 Å². The summed E-state index contributed by atoms with van der Waals surface area (Å²) >= 11 is 1.59. The number of aromatic nitrogens is 1. The molecule has 1 amide bonds. The number of carbonyl (C=O) groups excluding carboxylic acids is 1. The van der Waals surface area contributed by atoms with Crippen LogP contribution in [0, 0.1) is 0 Å². The fourth-order valence-electron chi connectivity index (χ4n) is 3.68. The smallest absolute Gasteiger partial charge is 0.251 e. The SMILES string of the molecule is O=C(NCC(c1ccccc1)N1CCCC1)c1ccc(Sc2ccccn2)cc1. The number of likely N-dealkylation sites (tertiary alicyclic amines) is 1. The van der Waals surface area contributed by atoms with Crippen molar-refractivity contribution in [2.45, 2.75) is 28.8 Å². The van der Waals surface area contributed by atoms with Crippen LogP contribution in [0.3, 0.4) is 0 Å². The molecule has 1 aliphatic rings. The van der Waals surface area contributed by atoms with Crippen LogP contribution in [0.4, 0.5) is 0 Å². The van der Waals surface area contributed by atoms with Gasteiger partial charge in [-0.1, -0.05) is 48.2 Å². The number of amides is 1. The topological polar surface area (TPSA) is 45.2 Å². The summed E-state index contributed by atoms with van der Waals surface area (Å²) < 4.78 is 0. The normalized spacial score (nSPS) is 15.2. The lowest BCUT2D eigenvalue weighted by Gasteiger charge is -2.28. The maximum Gasteiger partial charge on any atom is 0.251 e. The number of benzene rings is 2. The summed E-state index contributed by atoms with van der Waals surface area (Å²) in [5, 5.41) is 4.09. The van der Waals surface area contributed by atoms with E-state index in [2.05, 4.69) is 39.5 Å². The molecule has 1 unspecified atom stereocenters. The molecule has 1 fully saturated rings. The van der Waals surface area contributed by atoms with Crippen molar-refractivity contribution in [3.63, 3.8) is 0 Å². The number of nitrogens with zero attached hydrogens (tertiary/aromatic N) is 2. The van der Waals surface area contributed by atoms with Crippen molar-refractivity contribution in [1.82, 2.24) is 15.2 Å². The lowest BCUT2D eigenvalue weighted by Crippen LogP contribution is -2.36. The molecule has 0 aliphatic carbocycles. The minimum absolute atomic E-state index is 0.0282. The third kappa shape index (κ3) is 5.25. The summed E-state index contributed by atoms with van der Waals surface area (Å²) in [6, 6.07) is 24.3. The number of carbonyl (C=O) groups is 1. The zero-order valence-electron chi connectivity index (χ0n) is 16.3. The second kappa shape index (κ2) is 9.72. The van der Waals surface area contributed by atoms with Gasteiger partial charge < -0.3 is 5.32 Å². The maximum absolute atomic E-state index is 12.7. The Bertz CT molecular complexity index is 910. The number of rotatable bonds is 7. The molecule has 0 radical (unpaired) electrons. The van der Waals surface area contributed by atoms with E-state index in [1.807, 2.05) is 48.5 Å². The van der Waals surface area contributed by atoms with Crippen LogP contribution in [0.1, 0.15) is 34.8 Å². The highest BCUT2D eigenvalue weighted by Crippen LogP contribution is 2.26. The van der Waals surface area contributed by atoms with Gasteiger partial charge in [0, 0.05) is 23.2 Å². The van der Waals surface area contributed by atoms with Crippen LogP contribution in [-0.4, -0.2) is 35.4 Å². The van der Waals surface area contributed by atoms with Crippen LogP contribution in [0.2, 0.25) is 0 Å². The Labute approximate surface area is 176 Å². The first-order valence-electron chi connectivity index (χ1n) is 10.1. The van der Waals surface area contributed by atoms with E-state index in [-0.39, 0.29) is 11.9 Å². The summed E-state index contributed by atoms with van der Waals surface area (Å²) in [5.74, 6) is -0.0282. The highest BCUT2D eigenvalue weighted by Gasteiger charge is 2.23. The third-order valence-electron chi connectivity index (χ3n) is 5.20. The van der Waals surface area contributed by atoms with E-state index in [0.29, 0.717) is 12.1 Å². The molecule has 1 aliphatic heterocycles. The van der Waals surface area contributed by atoms with Gasteiger partial charge in [-0.15, -0.1) is 0 Å². The van der Waals surface area contributed by atoms with Gasteiger partial charge in [0.15, 0.2) is 0 Å². The molecule has 2 aromatic carbocycles. The average molecular weight is 404 g/mol. The van der Waals surface area contributed by atoms with Gasteiger partial charge in [0.25, 0.3) is 5.91 Å². The molecule has 148 valence electrons. The first-order valence-corrected chi connectivity index (χ1v) is 10.9. The Morgan fingerprint density at radius 1 is 0.966 bits per heavy atom. The molecule has 4 nitrogen and oxygen atoms in total. The first-order chi connectivity index (χ1) is 14.3. The molecule has 5 heteroatoms. The molecular formula is C24H25N3OS. The van der Waals surface area contributed by atoms with Crippen molar-refractivity contribution in [2.24, 2.45) is 0 Å². The van der Waals surface area contributed by atoms with Crippen LogP contribution in [0.15, 0.2) is 88.9 Å². The van der Waals surface area contributed by atoms with E-state index in [0.717, 1.165) is 23.0 Å². The number of pyridine rings is 1. The molecule has 1 N–H and O–H groups in total. The van der Waals surface area contributed by atoms with Crippen molar-refractivity contribution in [3.8, 4) is 0 Å². The van der Waals surface area contributed by atoms with Crippen LogP contribution >= 0.6 is 11.8 Å². The molecule has 0 bridgehead atoms. The van der Waals surface area contributed by atoms with E-state index in [9.17, 15) is 4.79 Å². The van der Waals surface area contributed by atoms with E-state index in [1.165, 1.54) is 18.4 Å². The van der Waals surface area contributed by atoms with Crippen LogP contribution in [-0.2, 0) is 0 Å². The monoisotopic (exact) mass is 403 g/mol. The first kappa shape index (κ1) is 19.7. The van der Waals surface area contributed by atoms with Crippen LogP contribution in [0.5, 0.6) is 0 Å². The summed E-state index contributed by atoms with van der Waals surface area (Å²) in [5.41, 5.74) is 1.94. The van der Waals surface area contributed by atoms with Gasteiger partial charge in [-0.05, 0) is 67.9 Å². The van der Waals surface area contributed by atoms with E-state index >= 15 is 0 Å². The van der Waals surface area contributed by atoms with Crippen LogP contribution < -0.4 is 5.32 Å². The van der Waals surface area contributed by atoms with E-state index in [1.54, 1.807) is 18.0 Å². The molecule has 1 atom stereocenters. The van der Waals surface area contributed by atoms with Crippen molar-refractivity contribution < 1.29 is 4.79 Å². The van der Waals surface area contributed by atoms with Crippen molar-refractivity contribution >= 4 is 17.7 Å². The zero-order valence-corrected chi connectivity index (χ0v) is 17.1. The van der Waals surface area contributed by atoms with Crippen LogP contribution in [0.25, 0.3) is 0 Å². The van der Waals surface area contributed by atoms with Gasteiger partial charge in [0.2, 0.25) is 0 Å².